The molecule has 0 bridgehead atoms. The highest BCUT2D eigenvalue weighted by atomic mass is 32.2. The molecule has 224 valence electrons. The second-order valence-electron chi connectivity index (χ2n) is 9.64. The summed E-state index contributed by atoms with van der Waals surface area (Å²) >= 11 is 2.82. The minimum atomic E-state index is -0.361. The van der Waals surface area contributed by atoms with E-state index in [4.69, 9.17) is 14.2 Å². The maximum Gasteiger partial charge on any atom is 0.256 e. The molecule has 1 aromatic heterocycles. The summed E-state index contributed by atoms with van der Waals surface area (Å²) in [5, 5.41) is 5.86. The van der Waals surface area contributed by atoms with Crippen LogP contribution in [-0.4, -0.2) is 80.4 Å². The smallest absolute Gasteiger partial charge is 0.256 e. The summed E-state index contributed by atoms with van der Waals surface area (Å²) < 4.78 is 17.6. The molecule has 0 atom stereocenters. The fourth-order valence-electron chi connectivity index (χ4n) is 4.61. The van der Waals surface area contributed by atoms with Gasteiger partial charge >= 0.3 is 0 Å². The molecule has 1 saturated heterocycles. The van der Waals surface area contributed by atoms with Gasteiger partial charge in [0.05, 0.1) is 54.5 Å². The van der Waals surface area contributed by atoms with Crippen LogP contribution in [0.1, 0.15) is 26.3 Å². The monoisotopic (exact) mass is 620 g/mol. The van der Waals surface area contributed by atoms with Crippen molar-refractivity contribution in [1.82, 2.24) is 15.2 Å². The molecule has 0 spiro atoms. The summed E-state index contributed by atoms with van der Waals surface area (Å²) in [4.78, 5) is 45.1. The Bertz CT molecular complexity index is 1620. The molecule has 5 rings (SSSR count). The van der Waals surface area contributed by atoms with Crippen LogP contribution >= 0.6 is 23.1 Å². The quantitative estimate of drug-likeness (QED) is 0.236. The summed E-state index contributed by atoms with van der Waals surface area (Å²) in [6.07, 6.45) is 0.665. The number of anilines is 1. The molecule has 1 aliphatic heterocycles. The van der Waals surface area contributed by atoms with Crippen LogP contribution in [0.15, 0.2) is 65.0 Å². The van der Waals surface area contributed by atoms with Gasteiger partial charge in [-0.1, -0.05) is 30.0 Å². The van der Waals surface area contributed by atoms with E-state index in [2.05, 4.69) is 15.6 Å². The van der Waals surface area contributed by atoms with Crippen molar-refractivity contribution >= 4 is 56.7 Å². The second kappa shape index (κ2) is 14.4. The zero-order valence-electron chi connectivity index (χ0n) is 23.9. The van der Waals surface area contributed by atoms with Crippen LogP contribution in [0.5, 0.6) is 11.5 Å². The molecule has 1 aliphatic rings. The molecule has 12 heteroatoms. The largest absolute Gasteiger partial charge is 0.493 e. The normalized spacial score (nSPS) is 13.0. The first-order valence-electron chi connectivity index (χ1n) is 13.7. The van der Waals surface area contributed by atoms with Gasteiger partial charge in [-0.15, -0.1) is 11.3 Å². The molecule has 0 saturated carbocycles. The zero-order chi connectivity index (χ0) is 30.2. The average Bonchev–Trinajstić information content (AvgIpc) is 3.46. The fraction of sp³-hybridized carbons (Fsp3) is 0.290. The Balaban J connectivity index is 1.15. The van der Waals surface area contributed by atoms with Crippen LogP contribution in [-0.2, 0) is 16.0 Å². The Morgan fingerprint density at radius 3 is 2.51 bits per heavy atom. The molecule has 4 aromatic rings. The van der Waals surface area contributed by atoms with Gasteiger partial charge in [0.15, 0.2) is 15.8 Å². The number of nitrogens with zero attached hydrogens (tertiary/aromatic N) is 2. The van der Waals surface area contributed by atoms with Crippen molar-refractivity contribution in [3.05, 3.63) is 77.4 Å². The van der Waals surface area contributed by atoms with Gasteiger partial charge in [0.2, 0.25) is 5.91 Å². The molecule has 0 radical (unpaired) electrons. The second-order valence-corrected chi connectivity index (χ2v) is 11.9. The summed E-state index contributed by atoms with van der Waals surface area (Å²) in [6, 6.07) is 18.0. The number of carbonyl (C=O) groups is 3. The van der Waals surface area contributed by atoms with E-state index in [1.807, 2.05) is 30.3 Å². The van der Waals surface area contributed by atoms with E-state index in [0.29, 0.717) is 67.6 Å². The van der Waals surface area contributed by atoms with Crippen LogP contribution < -0.4 is 20.1 Å². The number of benzene rings is 3. The molecule has 0 aliphatic carbocycles. The van der Waals surface area contributed by atoms with Crippen LogP contribution in [0.4, 0.5) is 5.69 Å². The lowest BCUT2D eigenvalue weighted by Crippen LogP contribution is -2.41. The number of morpholine rings is 1. The average molecular weight is 621 g/mol. The van der Waals surface area contributed by atoms with Crippen LogP contribution in [0.2, 0.25) is 0 Å². The first kappa shape index (κ1) is 30.3. The molecule has 3 amide bonds. The summed E-state index contributed by atoms with van der Waals surface area (Å²) in [6.45, 7) is 2.47. The van der Waals surface area contributed by atoms with Crippen LogP contribution in [0.3, 0.4) is 0 Å². The van der Waals surface area contributed by atoms with Crippen molar-refractivity contribution in [2.75, 3.05) is 58.1 Å². The van der Waals surface area contributed by atoms with Gasteiger partial charge in [0.25, 0.3) is 11.8 Å². The molecule has 2 heterocycles. The predicted octanol–water partition coefficient (Wildman–Crippen LogP) is 4.49. The van der Waals surface area contributed by atoms with Gasteiger partial charge in [-0.2, -0.15) is 0 Å². The number of rotatable bonds is 11. The number of aromatic nitrogens is 1. The number of fused-ring (bicyclic) bond motifs is 1. The number of carbonyl (C=O) groups excluding carboxylic acids is 3. The Morgan fingerprint density at radius 2 is 1.74 bits per heavy atom. The van der Waals surface area contributed by atoms with Crippen LogP contribution in [0.25, 0.3) is 10.2 Å². The van der Waals surface area contributed by atoms with Crippen molar-refractivity contribution < 1.29 is 28.6 Å². The summed E-state index contributed by atoms with van der Waals surface area (Å²) in [7, 11) is 3.19. The SMILES string of the molecule is COc1ccc(CCNC(=O)CSc2nc3ccc(NC(=O)c4ccccc4C(=O)N4CCOCC4)cc3s2)cc1OC. The van der Waals surface area contributed by atoms with E-state index < -0.39 is 0 Å². The van der Waals surface area contributed by atoms with E-state index >= 15 is 0 Å². The first-order valence-corrected chi connectivity index (χ1v) is 15.5. The number of thioether (sulfide) groups is 1. The number of hydrogen-bond acceptors (Lipinski definition) is 9. The highest BCUT2D eigenvalue weighted by molar-refractivity contribution is 8.01. The highest BCUT2D eigenvalue weighted by Gasteiger charge is 2.23. The van der Waals surface area contributed by atoms with Gasteiger partial charge in [0.1, 0.15) is 0 Å². The van der Waals surface area contributed by atoms with Crippen molar-refractivity contribution in [1.29, 1.82) is 0 Å². The molecule has 3 aromatic carbocycles. The Kier molecular flexibility index (Phi) is 10.1. The van der Waals surface area contributed by atoms with Gasteiger partial charge in [-0.05, 0) is 54.4 Å². The van der Waals surface area contributed by atoms with E-state index in [9.17, 15) is 14.4 Å². The van der Waals surface area contributed by atoms with Crippen LogP contribution in [0, 0.1) is 0 Å². The first-order chi connectivity index (χ1) is 20.9. The third-order valence-electron chi connectivity index (χ3n) is 6.84. The molecule has 2 N–H and O–H groups in total. The van der Waals surface area contributed by atoms with Crippen molar-refractivity contribution in [3.63, 3.8) is 0 Å². The van der Waals surface area contributed by atoms with Crippen molar-refractivity contribution in [2.45, 2.75) is 10.8 Å². The lowest BCUT2D eigenvalue weighted by Gasteiger charge is -2.27. The number of methoxy groups -OCH3 is 2. The molecule has 43 heavy (non-hydrogen) atoms. The highest BCUT2D eigenvalue weighted by Crippen LogP contribution is 2.32. The molecule has 0 unspecified atom stereocenters. The van der Waals surface area contributed by atoms with E-state index in [-0.39, 0.29) is 23.5 Å². The predicted molar refractivity (Wildman–Crippen MR) is 168 cm³/mol. The molecule has 1 fully saturated rings. The van der Waals surface area contributed by atoms with Crippen molar-refractivity contribution in [2.24, 2.45) is 0 Å². The lowest BCUT2D eigenvalue weighted by atomic mass is 10.0. The van der Waals surface area contributed by atoms with Gasteiger partial charge in [0, 0.05) is 25.3 Å². The molecular weight excluding hydrogens is 588 g/mol. The fourth-order valence-corrected chi connectivity index (χ4v) is 6.54. The van der Waals surface area contributed by atoms with E-state index in [0.717, 1.165) is 20.1 Å². The van der Waals surface area contributed by atoms with Gasteiger partial charge in [-0.25, -0.2) is 4.98 Å². The summed E-state index contributed by atoms with van der Waals surface area (Å²) in [5.74, 6) is 0.938. The van der Waals surface area contributed by atoms with Gasteiger partial charge < -0.3 is 29.7 Å². The molecular formula is C31H32N4O6S2. The molecule has 10 nitrogen and oxygen atoms in total. The topological polar surface area (TPSA) is 119 Å². The number of ether oxygens (including phenoxy) is 3. The minimum absolute atomic E-state index is 0.0806. The number of thiazole rings is 1. The Hall–Kier alpha value is -4.13. The van der Waals surface area contributed by atoms with E-state index in [1.54, 1.807) is 49.5 Å². The van der Waals surface area contributed by atoms with E-state index in [1.165, 1.54) is 23.1 Å². The maximum absolute atomic E-state index is 13.2. The lowest BCUT2D eigenvalue weighted by molar-refractivity contribution is -0.118. The number of amides is 3. The van der Waals surface area contributed by atoms with Crippen molar-refractivity contribution in [3.8, 4) is 11.5 Å². The Morgan fingerprint density at radius 1 is 0.977 bits per heavy atom. The number of nitrogens with one attached hydrogen (secondary N) is 2. The Labute approximate surface area is 257 Å². The third kappa shape index (κ3) is 7.64. The maximum atomic E-state index is 13.2. The standard InChI is InChI=1S/C31H32N4O6S2/c1-39-25-10-7-20(17-26(25)40-2)11-12-32-28(36)19-42-31-34-24-9-8-21(18-27(24)43-31)33-29(37)22-5-3-4-6-23(22)30(38)35-13-15-41-16-14-35/h3-10,17-18H,11-16,19H2,1-2H3,(H,32,36)(H,33,37). The number of hydrogen-bond donors (Lipinski definition) is 2. The zero-order valence-corrected chi connectivity index (χ0v) is 25.5. The minimum Gasteiger partial charge on any atom is -0.493 e. The summed E-state index contributed by atoms with van der Waals surface area (Å²) in [5.41, 5.74) is 3.09. The third-order valence-corrected chi connectivity index (χ3v) is 9.00. The van der Waals surface area contributed by atoms with Gasteiger partial charge in [-0.3, -0.25) is 14.4 Å².